The summed E-state index contributed by atoms with van der Waals surface area (Å²) in [5.41, 5.74) is 11.8. The number of hydrogen-bond acceptors (Lipinski definition) is 14. The Hall–Kier alpha value is -2.27. The number of hydrogen-bond donors (Lipinski definition) is 6. The van der Waals surface area contributed by atoms with Crippen LogP contribution in [0.3, 0.4) is 0 Å². The molecule has 1 saturated heterocycles. The number of anilines is 1. The van der Waals surface area contributed by atoms with E-state index in [2.05, 4.69) is 19.5 Å². The summed E-state index contributed by atoms with van der Waals surface area (Å²) in [6, 6.07) is -1.42. The highest BCUT2D eigenvalue weighted by molar-refractivity contribution is 7.47. The number of fused-ring (bicyclic) bond motifs is 1. The fourth-order valence-corrected chi connectivity index (χ4v) is 3.49. The van der Waals surface area contributed by atoms with Gasteiger partial charge < -0.3 is 41.2 Å². The highest BCUT2D eigenvalue weighted by atomic mass is 31.2. The van der Waals surface area contributed by atoms with Crippen LogP contribution in [0.4, 0.5) is 5.82 Å². The van der Waals surface area contributed by atoms with Gasteiger partial charge in [0.05, 0.1) is 12.9 Å². The Labute approximate surface area is 180 Å². The molecule has 2 aromatic rings. The van der Waals surface area contributed by atoms with E-state index >= 15 is 0 Å². The van der Waals surface area contributed by atoms with Crippen LogP contribution in [0, 0.1) is 0 Å². The summed E-state index contributed by atoms with van der Waals surface area (Å²) >= 11 is 0. The Balaban J connectivity index is 1.86. The molecular formula is C15H23N6O10P. The number of ether oxygens (including phenoxy) is 2. The van der Waals surface area contributed by atoms with Crippen LogP contribution < -0.4 is 11.5 Å². The van der Waals surface area contributed by atoms with Crippen molar-refractivity contribution >= 4 is 30.8 Å². The number of phosphoric acid groups is 1. The van der Waals surface area contributed by atoms with E-state index in [1.165, 1.54) is 17.2 Å². The molecule has 0 spiro atoms. The minimum atomic E-state index is -4.42. The minimum absolute atomic E-state index is 0.0824. The SMILES string of the molecule is COP(=O)(O)OC[C@H]1O[C@@H](n2cnc3c(N)ncnc32)C(O)[C@H]1OC(=O)[C@@H](N)CC(O)O. The quantitative estimate of drug-likeness (QED) is 0.122. The van der Waals surface area contributed by atoms with Crippen LogP contribution in [0.15, 0.2) is 12.7 Å². The summed E-state index contributed by atoms with van der Waals surface area (Å²) in [6.07, 6.45) is -5.38. The number of aromatic nitrogens is 4. The maximum Gasteiger partial charge on any atom is 0.472 e. The van der Waals surface area contributed by atoms with Crippen LogP contribution in [0.1, 0.15) is 12.6 Å². The Morgan fingerprint density at radius 1 is 1.38 bits per heavy atom. The van der Waals surface area contributed by atoms with Gasteiger partial charge in [0.1, 0.15) is 30.1 Å². The second-order valence-electron chi connectivity index (χ2n) is 6.81. The molecular weight excluding hydrogens is 455 g/mol. The Morgan fingerprint density at radius 2 is 2.09 bits per heavy atom. The van der Waals surface area contributed by atoms with Gasteiger partial charge in [-0.15, -0.1) is 0 Å². The van der Waals surface area contributed by atoms with Crippen LogP contribution in [-0.4, -0.2) is 90.1 Å². The number of nitrogens with zero attached hydrogens (tertiary/aromatic N) is 4. The van der Waals surface area contributed by atoms with E-state index in [4.69, 9.17) is 35.7 Å². The molecule has 0 amide bonds. The zero-order valence-electron chi connectivity index (χ0n) is 16.7. The number of aliphatic hydroxyl groups is 3. The Morgan fingerprint density at radius 3 is 2.75 bits per heavy atom. The number of nitrogens with two attached hydrogens (primary N) is 2. The lowest BCUT2D eigenvalue weighted by atomic mass is 10.1. The standard InChI is InChI=1S/C15H23N6O10P/c1-28-32(26,27)29-3-7-11(31-15(25)6(16)2-8(22)23)10(24)14(30-7)21-5-20-9-12(17)18-4-19-13(9)21/h4-8,10-11,14,22-24H,2-3,16H2,1H3,(H,26,27)(H2,17,18,19)/t6-,7+,10?,11-,14+/m0/s1. The number of nitrogen functional groups attached to an aromatic ring is 1. The highest BCUT2D eigenvalue weighted by Gasteiger charge is 2.49. The molecule has 3 rings (SSSR count). The third-order valence-corrected chi connectivity index (χ3v) is 5.56. The lowest BCUT2D eigenvalue weighted by Gasteiger charge is -2.23. The molecule has 6 atom stereocenters. The minimum Gasteiger partial charge on any atom is -0.455 e. The summed E-state index contributed by atoms with van der Waals surface area (Å²) in [4.78, 5) is 33.7. The zero-order valence-corrected chi connectivity index (χ0v) is 17.6. The number of aliphatic hydroxyl groups excluding tert-OH is 2. The second kappa shape index (κ2) is 9.70. The number of esters is 1. The number of phosphoric ester groups is 1. The van der Waals surface area contributed by atoms with Crippen LogP contribution in [-0.2, 0) is 27.9 Å². The molecule has 0 aliphatic carbocycles. The van der Waals surface area contributed by atoms with Crippen LogP contribution >= 0.6 is 7.82 Å². The third kappa shape index (κ3) is 5.20. The van der Waals surface area contributed by atoms with Gasteiger partial charge in [-0.05, 0) is 0 Å². The molecule has 0 radical (unpaired) electrons. The van der Waals surface area contributed by atoms with Gasteiger partial charge >= 0.3 is 13.8 Å². The van der Waals surface area contributed by atoms with Crippen molar-refractivity contribution in [1.82, 2.24) is 19.5 Å². The summed E-state index contributed by atoms with van der Waals surface area (Å²) in [5.74, 6) is -0.990. The molecule has 1 aliphatic rings. The molecule has 1 aliphatic heterocycles. The second-order valence-corrected chi connectivity index (χ2v) is 8.37. The fourth-order valence-electron chi connectivity index (χ4n) is 3.05. The van der Waals surface area contributed by atoms with Crippen molar-refractivity contribution in [3.63, 3.8) is 0 Å². The van der Waals surface area contributed by atoms with Crippen molar-refractivity contribution in [2.24, 2.45) is 5.73 Å². The maximum absolute atomic E-state index is 12.3. The van der Waals surface area contributed by atoms with Crippen molar-refractivity contribution in [3.05, 3.63) is 12.7 Å². The number of imidazole rings is 1. The molecule has 2 unspecified atom stereocenters. The lowest BCUT2D eigenvalue weighted by molar-refractivity contribution is -0.160. The molecule has 8 N–H and O–H groups in total. The number of carbonyl (C=O) groups is 1. The van der Waals surface area contributed by atoms with Crippen LogP contribution in [0.25, 0.3) is 11.2 Å². The first-order valence-electron chi connectivity index (χ1n) is 9.16. The molecule has 17 heteroatoms. The fraction of sp³-hybridized carbons (Fsp3) is 0.600. The number of rotatable bonds is 9. The molecule has 1 fully saturated rings. The predicted molar refractivity (Wildman–Crippen MR) is 103 cm³/mol. The van der Waals surface area contributed by atoms with Crippen LogP contribution in [0.5, 0.6) is 0 Å². The summed E-state index contributed by atoms with van der Waals surface area (Å²) in [5, 5.41) is 28.8. The molecule has 0 bridgehead atoms. The molecule has 16 nitrogen and oxygen atoms in total. The van der Waals surface area contributed by atoms with E-state index in [9.17, 15) is 19.4 Å². The van der Waals surface area contributed by atoms with Gasteiger partial charge in [0.15, 0.2) is 30.1 Å². The molecule has 32 heavy (non-hydrogen) atoms. The summed E-state index contributed by atoms with van der Waals surface area (Å²) < 4.78 is 33.0. The molecule has 0 saturated carbocycles. The van der Waals surface area contributed by atoms with Crippen molar-refractivity contribution < 1.29 is 48.1 Å². The monoisotopic (exact) mass is 478 g/mol. The largest absolute Gasteiger partial charge is 0.472 e. The van der Waals surface area contributed by atoms with Crippen molar-refractivity contribution in [2.75, 3.05) is 19.5 Å². The van der Waals surface area contributed by atoms with Gasteiger partial charge in [-0.3, -0.25) is 18.4 Å². The molecule has 2 aromatic heterocycles. The third-order valence-electron chi connectivity index (χ3n) is 4.62. The topological polar surface area (TPSA) is 248 Å². The molecule has 3 heterocycles. The van der Waals surface area contributed by atoms with E-state index in [0.29, 0.717) is 0 Å². The van der Waals surface area contributed by atoms with Crippen LogP contribution in [0.2, 0.25) is 0 Å². The van der Waals surface area contributed by atoms with E-state index in [1.54, 1.807) is 0 Å². The normalized spacial score (nSPS) is 26.3. The van der Waals surface area contributed by atoms with Gasteiger partial charge in [0.2, 0.25) is 0 Å². The van der Waals surface area contributed by atoms with Crippen molar-refractivity contribution in [1.29, 1.82) is 0 Å². The number of carbonyl (C=O) groups excluding carboxylic acids is 1. The average molecular weight is 478 g/mol. The van der Waals surface area contributed by atoms with Crippen molar-refractivity contribution in [2.45, 2.75) is 43.3 Å². The summed E-state index contributed by atoms with van der Waals surface area (Å²) in [7, 11) is -3.47. The molecule has 0 aromatic carbocycles. The average Bonchev–Trinajstić information content (AvgIpc) is 3.28. The molecule has 178 valence electrons. The first kappa shape index (κ1) is 24.4. The predicted octanol–water partition coefficient (Wildman–Crippen LogP) is -2.63. The highest BCUT2D eigenvalue weighted by Crippen LogP contribution is 2.43. The van der Waals surface area contributed by atoms with Gasteiger partial charge in [0.25, 0.3) is 0 Å². The zero-order chi connectivity index (χ0) is 23.6. The van der Waals surface area contributed by atoms with Gasteiger partial charge in [-0.25, -0.2) is 19.5 Å². The van der Waals surface area contributed by atoms with E-state index in [0.717, 1.165) is 7.11 Å². The van der Waals surface area contributed by atoms with E-state index in [-0.39, 0.29) is 17.0 Å². The maximum atomic E-state index is 12.3. The van der Waals surface area contributed by atoms with Gasteiger partial charge in [0, 0.05) is 13.5 Å². The van der Waals surface area contributed by atoms with Crippen molar-refractivity contribution in [3.8, 4) is 0 Å². The van der Waals surface area contributed by atoms with Gasteiger partial charge in [-0.2, -0.15) is 0 Å². The first-order chi connectivity index (χ1) is 15.0. The van der Waals surface area contributed by atoms with Gasteiger partial charge in [-0.1, -0.05) is 0 Å². The van der Waals surface area contributed by atoms with E-state index < -0.39 is 63.7 Å². The smallest absolute Gasteiger partial charge is 0.455 e. The Bertz CT molecular complexity index is 1000. The first-order valence-corrected chi connectivity index (χ1v) is 10.7. The van der Waals surface area contributed by atoms with E-state index in [1.807, 2.05) is 0 Å². The summed E-state index contributed by atoms with van der Waals surface area (Å²) in [6.45, 7) is -0.616. The lowest BCUT2D eigenvalue weighted by Crippen LogP contribution is -2.44. The Kier molecular flexibility index (Phi) is 7.39.